The van der Waals surface area contributed by atoms with Gasteiger partial charge >= 0.3 is 17.9 Å². The van der Waals surface area contributed by atoms with Gasteiger partial charge in [-0.3, -0.25) is 9.59 Å². The Morgan fingerprint density at radius 2 is 1.04 bits per heavy atom. The summed E-state index contributed by atoms with van der Waals surface area (Å²) in [4.78, 5) is 35.9. The van der Waals surface area contributed by atoms with Crippen molar-refractivity contribution in [3.8, 4) is 0 Å². The topological polar surface area (TPSA) is 108 Å². The fourth-order valence-corrected chi connectivity index (χ4v) is 1.89. The van der Waals surface area contributed by atoms with Crippen LogP contribution in [0.25, 0.3) is 0 Å². The Balaban J connectivity index is 0. The van der Waals surface area contributed by atoms with Crippen LogP contribution in [0.3, 0.4) is 0 Å². The quantitative estimate of drug-likeness (QED) is 0.266. The maximum absolute atomic E-state index is 12.2. The summed E-state index contributed by atoms with van der Waals surface area (Å²) in [7, 11) is 3.25. The summed E-state index contributed by atoms with van der Waals surface area (Å²) in [6, 6.07) is 0. The molecule has 0 aromatic heterocycles. The van der Waals surface area contributed by atoms with Crippen LogP contribution in [0.15, 0.2) is 0 Å². The van der Waals surface area contributed by atoms with E-state index in [-0.39, 0.29) is 19.8 Å². The van der Waals surface area contributed by atoms with E-state index in [2.05, 4.69) is 4.74 Å². The van der Waals surface area contributed by atoms with Gasteiger partial charge in [0.25, 0.3) is 0 Å². The number of hydrogen-bond acceptors (Lipinski definition) is 8. The van der Waals surface area contributed by atoms with Crippen LogP contribution in [-0.2, 0) is 33.3 Å². The second-order valence-electron chi connectivity index (χ2n) is 6.43. The van der Waals surface area contributed by atoms with Gasteiger partial charge in [-0.05, 0) is 19.3 Å². The Morgan fingerprint density at radius 3 is 1.36 bits per heavy atom. The van der Waals surface area contributed by atoms with E-state index in [1.807, 2.05) is 20.8 Å². The number of carbonyl (C=O) groups is 3. The summed E-state index contributed by atoms with van der Waals surface area (Å²) in [6.07, 6.45) is 3.23. The van der Waals surface area contributed by atoms with Crippen LogP contribution < -0.4 is 0 Å². The zero-order valence-corrected chi connectivity index (χ0v) is 18.1. The summed E-state index contributed by atoms with van der Waals surface area (Å²) in [5.74, 6) is -2.49. The van der Waals surface area contributed by atoms with Crippen LogP contribution in [0, 0.1) is 0 Å². The van der Waals surface area contributed by atoms with Crippen LogP contribution >= 0.6 is 0 Å². The summed E-state index contributed by atoms with van der Waals surface area (Å²) in [5.41, 5.74) is -2.26. The first-order chi connectivity index (χ1) is 13.3. The minimum Gasteiger partial charge on any atom is -0.466 e. The number of carbonyl (C=O) groups excluding carboxylic acids is 3. The number of rotatable bonds is 14. The van der Waals surface area contributed by atoms with Crippen LogP contribution in [0.1, 0.15) is 72.1 Å². The Kier molecular flexibility index (Phi) is 19.0. The Hall–Kier alpha value is -1.67. The lowest BCUT2D eigenvalue weighted by Gasteiger charge is -2.24. The first kappa shape index (κ1) is 28.5. The van der Waals surface area contributed by atoms with E-state index in [0.717, 1.165) is 19.3 Å². The molecule has 166 valence electrons. The van der Waals surface area contributed by atoms with Gasteiger partial charge in [0, 0.05) is 14.2 Å². The van der Waals surface area contributed by atoms with E-state index in [0.29, 0.717) is 19.3 Å². The van der Waals surface area contributed by atoms with Crippen LogP contribution in [0.5, 0.6) is 0 Å². The van der Waals surface area contributed by atoms with E-state index >= 15 is 0 Å². The molecule has 0 saturated heterocycles. The molecule has 0 bridgehead atoms. The van der Waals surface area contributed by atoms with E-state index in [1.54, 1.807) is 14.2 Å². The predicted molar refractivity (Wildman–Crippen MR) is 105 cm³/mol. The van der Waals surface area contributed by atoms with Crippen molar-refractivity contribution in [2.24, 2.45) is 0 Å². The molecule has 0 atom stereocenters. The molecule has 0 aromatic carbocycles. The smallest absolute Gasteiger partial charge is 0.339 e. The normalized spacial score (nSPS) is 10.5. The highest BCUT2D eigenvalue weighted by atomic mass is 16.6. The molecule has 1 N–H and O–H groups in total. The second kappa shape index (κ2) is 18.7. The Bertz CT molecular complexity index is 398. The molecule has 0 heterocycles. The van der Waals surface area contributed by atoms with Gasteiger partial charge in [-0.25, -0.2) is 4.79 Å². The molecule has 28 heavy (non-hydrogen) atoms. The van der Waals surface area contributed by atoms with Gasteiger partial charge in [0.2, 0.25) is 0 Å². The predicted octanol–water partition coefficient (Wildman–Crippen LogP) is 2.79. The van der Waals surface area contributed by atoms with Crippen LogP contribution in [-0.4, -0.2) is 62.7 Å². The summed E-state index contributed by atoms with van der Waals surface area (Å²) >= 11 is 0. The Morgan fingerprint density at radius 1 is 0.714 bits per heavy atom. The molecule has 0 aliphatic carbocycles. The number of aliphatic hydroxyl groups is 1. The highest BCUT2D eigenvalue weighted by Gasteiger charge is 2.43. The minimum atomic E-state index is -2.26. The third-order valence-electron chi connectivity index (χ3n) is 3.51. The average molecular weight is 407 g/mol. The molecule has 0 aliphatic rings. The maximum Gasteiger partial charge on any atom is 0.339 e. The number of ether oxygens (including phenoxy) is 4. The fraction of sp³-hybridized carbons (Fsp3) is 0.850. The van der Waals surface area contributed by atoms with Crippen molar-refractivity contribution in [1.82, 2.24) is 0 Å². The van der Waals surface area contributed by atoms with Crippen LogP contribution in [0.2, 0.25) is 0 Å². The zero-order chi connectivity index (χ0) is 21.8. The number of esters is 3. The highest BCUT2D eigenvalue weighted by molar-refractivity contribution is 5.90. The minimum absolute atomic E-state index is 0.118. The molecular formula is C20H38O8. The molecule has 0 fully saturated rings. The highest BCUT2D eigenvalue weighted by Crippen LogP contribution is 2.20. The van der Waals surface area contributed by atoms with Crippen molar-refractivity contribution in [2.75, 3.05) is 34.0 Å². The number of hydrogen-bond donors (Lipinski definition) is 1. The monoisotopic (exact) mass is 406 g/mol. The molecule has 0 unspecified atom stereocenters. The number of methoxy groups -OCH3 is 1. The van der Waals surface area contributed by atoms with Crippen molar-refractivity contribution in [2.45, 2.75) is 77.7 Å². The van der Waals surface area contributed by atoms with Crippen molar-refractivity contribution in [3.63, 3.8) is 0 Å². The third-order valence-corrected chi connectivity index (χ3v) is 3.51. The molecule has 0 radical (unpaired) electrons. The van der Waals surface area contributed by atoms with E-state index in [9.17, 15) is 19.5 Å². The standard InChI is InChI=1S/C18H32O7.C2H6O/c1-4-7-10-23-15(19)13-18(22,17(21)25-12-9-6-3)14-16(20)24-11-8-5-2;1-3-2/h22H,4-14H2,1-3H3;1-2H3. The van der Waals surface area contributed by atoms with Crippen molar-refractivity contribution in [1.29, 1.82) is 0 Å². The summed E-state index contributed by atoms with van der Waals surface area (Å²) in [5, 5.41) is 10.6. The lowest BCUT2D eigenvalue weighted by atomic mass is 9.95. The summed E-state index contributed by atoms with van der Waals surface area (Å²) in [6.45, 7) is 6.35. The van der Waals surface area contributed by atoms with E-state index in [4.69, 9.17) is 14.2 Å². The maximum atomic E-state index is 12.2. The lowest BCUT2D eigenvalue weighted by Crippen LogP contribution is -2.45. The van der Waals surface area contributed by atoms with Gasteiger partial charge in [-0.15, -0.1) is 0 Å². The average Bonchev–Trinajstić information content (AvgIpc) is 2.62. The first-order valence-electron chi connectivity index (χ1n) is 9.92. The largest absolute Gasteiger partial charge is 0.466 e. The van der Waals surface area contributed by atoms with E-state index < -0.39 is 36.4 Å². The van der Waals surface area contributed by atoms with Gasteiger partial charge in [0.05, 0.1) is 32.7 Å². The SMILES string of the molecule is CCCCOC(=O)CC(O)(CC(=O)OCCCC)C(=O)OCCCC.COC. The molecular weight excluding hydrogens is 368 g/mol. The van der Waals surface area contributed by atoms with Gasteiger partial charge in [0.1, 0.15) is 0 Å². The van der Waals surface area contributed by atoms with Crippen molar-refractivity contribution in [3.05, 3.63) is 0 Å². The summed E-state index contributed by atoms with van der Waals surface area (Å²) < 4.78 is 19.2. The van der Waals surface area contributed by atoms with Gasteiger partial charge in [-0.1, -0.05) is 40.0 Å². The number of unbranched alkanes of at least 4 members (excludes halogenated alkanes) is 3. The van der Waals surface area contributed by atoms with Crippen molar-refractivity contribution < 1.29 is 38.4 Å². The third kappa shape index (κ3) is 15.4. The molecule has 0 amide bonds. The molecule has 0 spiro atoms. The zero-order valence-electron chi connectivity index (χ0n) is 18.1. The van der Waals surface area contributed by atoms with Gasteiger partial charge < -0.3 is 24.1 Å². The Labute approximate surface area is 168 Å². The molecule has 8 nitrogen and oxygen atoms in total. The second-order valence-corrected chi connectivity index (χ2v) is 6.43. The molecule has 8 heteroatoms. The fourth-order valence-electron chi connectivity index (χ4n) is 1.89. The molecule has 0 aromatic rings. The van der Waals surface area contributed by atoms with Crippen molar-refractivity contribution >= 4 is 17.9 Å². The van der Waals surface area contributed by atoms with Crippen LogP contribution in [0.4, 0.5) is 0 Å². The molecule has 0 rings (SSSR count). The first-order valence-corrected chi connectivity index (χ1v) is 9.92. The van der Waals surface area contributed by atoms with E-state index in [1.165, 1.54) is 0 Å². The molecule has 0 aliphatic heterocycles. The molecule has 0 saturated carbocycles. The lowest BCUT2D eigenvalue weighted by molar-refractivity contribution is -0.178. The van der Waals surface area contributed by atoms with Gasteiger partial charge in [0.15, 0.2) is 5.60 Å². The van der Waals surface area contributed by atoms with Gasteiger partial charge in [-0.2, -0.15) is 0 Å².